The Labute approximate surface area is 143 Å². The summed E-state index contributed by atoms with van der Waals surface area (Å²) in [6.07, 6.45) is 2.62. The SMILES string of the molecule is CCN(CC)c1ccc(/C=N\NC(=O)CC2(C)OCCCO2)cc1. The molecule has 1 aliphatic rings. The molecule has 0 saturated carbocycles. The summed E-state index contributed by atoms with van der Waals surface area (Å²) in [5.74, 6) is -1.07. The predicted octanol–water partition coefficient (Wildman–Crippen LogP) is 2.53. The molecule has 1 aliphatic heterocycles. The zero-order chi connectivity index (χ0) is 17.4. The van der Waals surface area contributed by atoms with E-state index in [4.69, 9.17) is 9.47 Å². The summed E-state index contributed by atoms with van der Waals surface area (Å²) in [5.41, 5.74) is 4.64. The van der Waals surface area contributed by atoms with Crippen molar-refractivity contribution in [2.45, 2.75) is 39.4 Å². The number of benzene rings is 1. The van der Waals surface area contributed by atoms with Crippen LogP contribution in [0.2, 0.25) is 0 Å². The Kier molecular flexibility index (Phi) is 6.75. The Balaban J connectivity index is 1.83. The number of hydrazone groups is 1. The molecule has 0 radical (unpaired) electrons. The van der Waals surface area contributed by atoms with Gasteiger partial charge >= 0.3 is 0 Å². The lowest BCUT2D eigenvalue weighted by Gasteiger charge is -2.33. The van der Waals surface area contributed by atoms with Crippen LogP contribution >= 0.6 is 0 Å². The maximum atomic E-state index is 11.9. The summed E-state index contributed by atoms with van der Waals surface area (Å²) in [4.78, 5) is 14.2. The number of hydrogen-bond acceptors (Lipinski definition) is 5. The minimum Gasteiger partial charge on any atom is -0.372 e. The fourth-order valence-electron chi connectivity index (χ4n) is 2.65. The Morgan fingerprint density at radius 3 is 2.46 bits per heavy atom. The van der Waals surface area contributed by atoms with E-state index in [2.05, 4.69) is 41.4 Å². The molecule has 24 heavy (non-hydrogen) atoms. The fraction of sp³-hybridized carbons (Fsp3) is 0.556. The molecule has 0 atom stereocenters. The highest BCUT2D eigenvalue weighted by molar-refractivity contribution is 5.83. The third-order valence-electron chi connectivity index (χ3n) is 4.01. The van der Waals surface area contributed by atoms with Gasteiger partial charge in [-0.15, -0.1) is 0 Å². The zero-order valence-electron chi connectivity index (χ0n) is 14.7. The van der Waals surface area contributed by atoms with Crippen LogP contribution in [0.3, 0.4) is 0 Å². The normalized spacial score (nSPS) is 17.0. The second-order valence-corrected chi connectivity index (χ2v) is 5.92. The lowest BCUT2D eigenvalue weighted by atomic mass is 10.2. The monoisotopic (exact) mass is 333 g/mol. The van der Waals surface area contributed by atoms with Crippen LogP contribution in [0.5, 0.6) is 0 Å². The summed E-state index contributed by atoms with van der Waals surface area (Å²) in [5, 5.41) is 4.00. The third-order valence-corrected chi connectivity index (χ3v) is 4.01. The van der Waals surface area contributed by atoms with Gasteiger partial charge in [-0.25, -0.2) is 5.43 Å². The van der Waals surface area contributed by atoms with Gasteiger partial charge in [-0.2, -0.15) is 5.10 Å². The number of hydrogen-bond donors (Lipinski definition) is 1. The highest BCUT2D eigenvalue weighted by Gasteiger charge is 2.31. The van der Waals surface area contributed by atoms with Crippen LogP contribution < -0.4 is 10.3 Å². The Hall–Kier alpha value is -1.92. The molecule has 1 N–H and O–H groups in total. The zero-order valence-corrected chi connectivity index (χ0v) is 14.7. The number of anilines is 1. The average Bonchev–Trinajstić information content (AvgIpc) is 2.57. The number of amides is 1. The van der Waals surface area contributed by atoms with Crippen LogP contribution in [-0.4, -0.2) is 44.2 Å². The first-order valence-electron chi connectivity index (χ1n) is 8.51. The van der Waals surface area contributed by atoms with E-state index < -0.39 is 5.79 Å². The summed E-state index contributed by atoms with van der Waals surface area (Å²) < 4.78 is 11.0. The van der Waals surface area contributed by atoms with E-state index in [9.17, 15) is 4.79 Å². The van der Waals surface area contributed by atoms with E-state index in [1.165, 1.54) is 5.69 Å². The Bertz CT molecular complexity index is 547. The smallest absolute Gasteiger partial charge is 0.245 e. The molecule has 0 aromatic heterocycles. The molecule has 1 amide bonds. The molecular formula is C18H27N3O3. The highest BCUT2D eigenvalue weighted by atomic mass is 16.7. The van der Waals surface area contributed by atoms with Crippen molar-refractivity contribution in [1.82, 2.24) is 5.43 Å². The van der Waals surface area contributed by atoms with Crippen LogP contribution in [0.25, 0.3) is 0 Å². The van der Waals surface area contributed by atoms with E-state index >= 15 is 0 Å². The number of carbonyl (C=O) groups is 1. The molecule has 1 aromatic carbocycles. The van der Waals surface area contributed by atoms with Crippen molar-refractivity contribution in [2.24, 2.45) is 5.10 Å². The van der Waals surface area contributed by atoms with Gasteiger partial charge in [-0.3, -0.25) is 4.79 Å². The van der Waals surface area contributed by atoms with E-state index in [-0.39, 0.29) is 12.3 Å². The first kappa shape index (κ1) is 18.4. The molecule has 6 nitrogen and oxygen atoms in total. The first-order chi connectivity index (χ1) is 11.6. The van der Waals surface area contributed by atoms with Crippen LogP contribution in [0.15, 0.2) is 29.4 Å². The predicted molar refractivity (Wildman–Crippen MR) is 95.3 cm³/mol. The fourth-order valence-corrected chi connectivity index (χ4v) is 2.65. The molecule has 1 saturated heterocycles. The molecule has 1 heterocycles. The number of nitrogens with zero attached hydrogens (tertiary/aromatic N) is 2. The van der Waals surface area contributed by atoms with Crippen LogP contribution in [0.1, 0.15) is 39.2 Å². The van der Waals surface area contributed by atoms with Crippen LogP contribution in [0, 0.1) is 0 Å². The number of nitrogens with one attached hydrogen (secondary N) is 1. The van der Waals surface area contributed by atoms with E-state index in [1.54, 1.807) is 13.1 Å². The van der Waals surface area contributed by atoms with Gasteiger partial charge < -0.3 is 14.4 Å². The largest absolute Gasteiger partial charge is 0.372 e. The standard InChI is InChI=1S/C18H27N3O3/c1-4-21(5-2)16-9-7-15(8-10-16)14-19-20-17(22)13-18(3)23-11-6-12-24-18/h7-10,14H,4-6,11-13H2,1-3H3,(H,20,22)/b19-14-. The molecule has 0 aliphatic carbocycles. The highest BCUT2D eigenvalue weighted by Crippen LogP contribution is 2.21. The first-order valence-corrected chi connectivity index (χ1v) is 8.51. The Morgan fingerprint density at radius 2 is 1.88 bits per heavy atom. The molecule has 0 bridgehead atoms. The lowest BCUT2D eigenvalue weighted by Crippen LogP contribution is -2.41. The van der Waals surface area contributed by atoms with Gasteiger partial charge in [-0.05, 0) is 44.9 Å². The molecule has 0 spiro atoms. The molecule has 1 aromatic rings. The molecule has 6 heteroatoms. The summed E-state index contributed by atoms with van der Waals surface area (Å²) in [6, 6.07) is 8.08. The van der Waals surface area contributed by atoms with Gasteiger partial charge in [0.1, 0.15) is 0 Å². The molecule has 1 fully saturated rings. The summed E-state index contributed by atoms with van der Waals surface area (Å²) >= 11 is 0. The molecule has 2 rings (SSSR count). The van der Waals surface area contributed by atoms with Crippen molar-refractivity contribution in [3.8, 4) is 0 Å². The van der Waals surface area contributed by atoms with Crippen molar-refractivity contribution in [3.05, 3.63) is 29.8 Å². The van der Waals surface area contributed by atoms with Crippen molar-refractivity contribution in [1.29, 1.82) is 0 Å². The van der Waals surface area contributed by atoms with E-state index in [1.807, 2.05) is 12.1 Å². The number of ether oxygens (including phenoxy) is 2. The molecular weight excluding hydrogens is 306 g/mol. The van der Waals surface area contributed by atoms with Crippen molar-refractivity contribution >= 4 is 17.8 Å². The van der Waals surface area contributed by atoms with Crippen molar-refractivity contribution in [2.75, 3.05) is 31.2 Å². The van der Waals surface area contributed by atoms with Gasteiger partial charge in [0.05, 0.1) is 25.8 Å². The van der Waals surface area contributed by atoms with Gasteiger partial charge in [0, 0.05) is 18.8 Å². The van der Waals surface area contributed by atoms with Crippen LogP contribution in [-0.2, 0) is 14.3 Å². The second kappa shape index (κ2) is 8.80. The summed E-state index contributed by atoms with van der Waals surface area (Å²) in [7, 11) is 0. The van der Waals surface area contributed by atoms with Crippen molar-refractivity contribution in [3.63, 3.8) is 0 Å². The van der Waals surface area contributed by atoms with Gasteiger partial charge in [0.15, 0.2) is 5.79 Å². The van der Waals surface area contributed by atoms with Crippen LogP contribution in [0.4, 0.5) is 5.69 Å². The van der Waals surface area contributed by atoms with Gasteiger partial charge in [0.2, 0.25) is 5.91 Å². The van der Waals surface area contributed by atoms with E-state index in [0.29, 0.717) is 13.2 Å². The second-order valence-electron chi connectivity index (χ2n) is 5.92. The number of carbonyl (C=O) groups excluding carboxylic acids is 1. The van der Waals surface area contributed by atoms with Crippen molar-refractivity contribution < 1.29 is 14.3 Å². The summed E-state index contributed by atoms with van der Waals surface area (Å²) in [6.45, 7) is 9.23. The Morgan fingerprint density at radius 1 is 1.25 bits per heavy atom. The maximum absolute atomic E-state index is 11.9. The quantitative estimate of drug-likeness (QED) is 0.615. The average molecular weight is 333 g/mol. The third kappa shape index (κ3) is 5.32. The lowest BCUT2D eigenvalue weighted by molar-refractivity contribution is -0.256. The minimum absolute atomic E-state index is 0.130. The minimum atomic E-state index is -0.844. The van der Waals surface area contributed by atoms with Gasteiger partial charge in [-0.1, -0.05) is 12.1 Å². The van der Waals surface area contributed by atoms with Gasteiger partial charge in [0.25, 0.3) is 0 Å². The number of rotatable bonds is 7. The maximum Gasteiger partial charge on any atom is 0.245 e. The molecule has 0 unspecified atom stereocenters. The topological polar surface area (TPSA) is 63.2 Å². The molecule has 132 valence electrons. The van der Waals surface area contributed by atoms with E-state index in [0.717, 1.165) is 25.1 Å².